The average Bonchev–Trinajstić information content (AvgIpc) is 2.83. The maximum absolute atomic E-state index is 11.8. The number of nitrogens with zero attached hydrogens (tertiary/aromatic N) is 3. The molecule has 0 aliphatic rings. The van der Waals surface area contributed by atoms with E-state index in [1.807, 2.05) is 32.5 Å². The lowest BCUT2D eigenvalue weighted by atomic mass is 10.1. The number of rotatable bonds is 4. The molecular formula is C13H19N5O. The fourth-order valence-corrected chi connectivity index (χ4v) is 2.11. The van der Waals surface area contributed by atoms with Crippen LogP contribution in [-0.4, -0.2) is 25.9 Å². The van der Waals surface area contributed by atoms with E-state index in [-0.39, 0.29) is 5.91 Å². The van der Waals surface area contributed by atoms with Gasteiger partial charge < -0.3 is 5.32 Å². The second-order valence-electron chi connectivity index (χ2n) is 4.76. The van der Waals surface area contributed by atoms with Crippen molar-refractivity contribution in [3.05, 3.63) is 28.7 Å². The first-order valence-corrected chi connectivity index (χ1v) is 6.28. The highest BCUT2D eigenvalue weighted by molar-refractivity contribution is 5.89. The number of amides is 1. The highest BCUT2D eigenvalue weighted by Crippen LogP contribution is 2.14. The molecule has 102 valence electrons. The summed E-state index contributed by atoms with van der Waals surface area (Å²) in [5.74, 6) is 0.538. The second kappa shape index (κ2) is 5.26. The van der Waals surface area contributed by atoms with E-state index in [0.717, 1.165) is 22.6 Å². The van der Waals surface area contributed by atoms with E-state index in [1.165, 1.54) is 0 Å². The number of hydrogen-bond acceptors (Lipinski definition) is 3. The Hall–Kier alpha value is -2.11. The summed E-state index contributed by atoms with van der Waals surface area (Å²) in [7, 11) is 1.92. The van der Waals surface area contributed by atoms with Gasteiger partial charge >= 0.3 is 0 Å². The van der Waals surface area contributed by atoms with Gasteiger partial charge in [-0.25, -0.2) is 0 Å². The van der Waals surface area contributed by atoms with E-state index >= 15 is 0 Å². The van der Waals surface area contributed by atoms with Gasteiger partial charge in [-0.05, 0) is 32.8 Å². The number of nitrogens with one attached hydrogen (secondary N) is 2. The molecule has 0 aromatic carbocycles. The average molecular weight is 261 g/mol. The number of H-pyrrole nitrogens is 1. The van der Waals surface area contributed by atoms with Crippen molar-refractivity contribution in [1.82, 2.24) is 20.0 Å². The summed E-state index contributed by atoms with van der Waals surface area (Å²) in [4.78, 5) is 11.8. The summed E-state index contributed by atoms with van der Waals surface area (Å²) >= 11 is 0. The molecule has 1 amide bonds. The lowest BCUT2D eigenvalue weighted by Crippen LogP contribution is -2.13. The third-order valence-corrected chi connectivity index (χ3v) is 3.23. The van der Waals surface area contributed by atoms with Gasteiger partial charge in [0.15, 0.2) is 5.82 Å². The summed E-state index contributed by atoms with van der Waals surface area (Å²) in [6.45, 7) is 5.88. The molecule has 19 heavy (non-hydrogen) atoms. The van der Waals surface area contributed by atoms with Gasteiger partial charge in [-0.15, -0.1) is 0 Å². The van der Waals surface area contributed by atoms with Crippen LogP contribution in [-0.2, 0) is 18.3 Å². The summed E-state index contributed by atoms with van der Waals surface area (Å²) in [5, 5.41) is 13.9. The largest absolute Gasteiger partial charge is 0.309 e. The zero-order chi connectivity index (χ0) is 14.0. The van der Waals surface area contributed by atoms with Crippen LogP contribution in [0.25, 0.3) is 0 Å². The topological polar surface area (TPSA) is 75.6 Å². The van der Waals surface area contributed by atoms with Crippen molar-refractivity contribution < 1.29 is 4.79 Å². The SMILES string of the molecule is Cc1cc(NC(=O)CCc2c(C)nn(C)c2C)n[nH]1. The number of carbonyl (C=O) groups is 1. The third-order valence-electron chi connectivity index (χ3n) is 3.23. The number of aromatic amines is 1. The van der Waals surface area contributed by atoms with E-state index in [4.69, 9.17) is 0 Å². The first kappa shape index (κ1) is 13.3. The van der Waals surface area contributed by atoms with Crippen LogP contribution in [0, 0.1) is 20.8 Å². The third kappa shape index (κ3) is 3.01. The fourth-order valence-electron chi connectivity index (χ4n) is 2.11. The number of aromatic nitrogens is 4. The molecule has 2 heterocycles. The van der Waals surface area contributed by atoms with Gasteiger partial charge in [0.1, 0.15) is 0 Å². The second-order valence-corrected chi connectivity index (χ2v) is 4.76. The number of aryl methyl sites for hydroxylation is 3. The standard InChI is InChI=1S/C13H19N5O/c1-8-7-12(16-15-8)14-13(19)6-5-11-9(2)17-18(4)10(11)3/h7H,5-6H2,1-4H3,(H2,14,15,16,19). The highest BCUT2D eigenvalue weighted by atomic mass is 16.1. The number of anilines is 1. The Balaban J connectivity index is 1.93. The maximum Gasteiger partial charge on any atom is 0.225 e. The minimum atomic E-state index is -0.0332. The molecule has 0 aliphatic heterocycles. The molecule has 6 nitrogen and oxygen atoms in total. The predicted molar refractivity (Wildman–Crippen MR) is 73.0 cm³/mol. The molecule has 0 aliphatic carbocycles. The molecule has 0 bridgehead atoms. The van der Waals surface area contributed by atoms with Crippen LogP contribution in [0.1, 0.15) is 29.1 Å². The molecule has 0 atom stereocenters. The monoisotopic (exact) mass is 261 g/mol. The molecule has 2 aromatic heterocycles. The molecule has 0 saturated carbocycles. The molecule has 6 heteroatoms. The first-order valence-electron chi connectivity index (χ1n) is 6.28. The Labute approximate surface area is 112 Å². The van der Waals surface area contributed by atoms with Gasteiger partial charge in [0.05, 0.1) is 5.69 Å². The van der Waals surface area contributed by atoms with Crippen LogP contribution in [0.2, 0.25) is 0 Å². The van der Waals surface area contributed by atoms with Crippen molar-refractivity contribution in [3.63, 3.8) is 0 Å². The molecule has 0 unspecified atom stereocenters. The fraction of sp³-hybridized carbons (Fsp3) is 0.462. The summed E-state index contributed by atoms with van der Waals surface area (Å²) in [6, 6.07) is 1.80. The van der Waals surface area contributed by atoms with Crippen LogP contribution < -0.4 is 5.32 Å². The van der Waals surface area contributed by atoms with Crippen molar-refractivity contribution >= 4 is 11.7 Å². The summed E-state index contributed by atoms with van der Waals surface area (Å²) < 4.78 is 1.85. The van der Waals surface area contributed by atoms with E-state index in [1.54, 1.807) is 6.07 Å². The first-order chi connectivity index (χ1) is 8.97. The van der Waals surface area contributed by atoms with Gasteiger partial charge in [0.25, 0.3) is 0 Å². The van der Waals surface area contributed by atoms with Crippen LogP contribution in [0.3, 0.4) is 0 Å². The van der Waals surface area contributed by atoms with Crippen LogP contribution in [0.15, 0.2) is 6.07 Å². The van der Waals surface area contributed by atoms with E-state index in [9.17, 15) is 4.79 Å². The van der Waals surface area contributed by atoms with E-state index in [2.05, 4.69) is 20.6 Å². The number of carbonyl (C=O) groups excluding carboxylic acids is 1. The Kier molecular flexibility index (Phi) is 3.69. The zero-order valence-corrected chi connectivity index (χ0v) is 11.7. The lowest BCUT2D eigenvalue weighted by molar-refractivity contribution is -0.116. The molecular weight excluding hydrogens is 242 g/mol. The molecule has 0 fully saturated rings. The minimum absolute atomic E-state index is 0.0332. The van der Waals surface area contributed by atoms with Gasteiger partial charge in [0.2, 0.25) is 5.91 Å². The number of hydrogen-bond donors (Lipinski definition) is 2. The maximum atomic E-state index is 11.8. The molecule has 2 rings (SSSR count). The molecule has 2 aromatic rings. The highest BCUT2D eigenvalue weighted by Gasteiger charge is 2.12. The molecule has 2 N–H and O–H groups in total. The lowest BCUT2D eigenvalue weighted by Gasteiger charge is -2.03. The van der Waals surface area contributed by atoms with Gasteiger partial charge in [-0.1, -0.05) is 0 Å². The predicted octanol–water partition coefficient (Wildman–Crippen LogP) is 1.64. The van der Waals surface area contributed by atoms with Crippen molar-refractivity contribution in [3.8, 4) is 0 Å². The van der Waals surface area contributed by atoms with Crippen molar-refractivity contribution in [2.75, 3.05) is 5.32 Å². The molecule has 0 saturated heterocycles. The van der Waals surface area contributed by atoms with Crippen molar-refractivity contribution in [1.29, 1.82) is 0 Å². The zero-order valence-electron chi connectivity index (χ0n) is 11.7. The molecule has 0 radical (unpaired) electrons. The van der Waals surface area contributed by atoms with Crippen molar-refractivity contribution in [2.24, 2.45) is 7.05 Å². The van der Waals surface area contributed by atoms with Gasteiger partial charge in [-0.3, -0.25) is 14.6 Å². The normalized spacial score (nSPS) is 10.7. The Bertz CT molecular complexity index is 596. The quantitative estimate of drug-likeness (QED) is 0.878. The summed E-state index contributed by atoms with van der Waals surface area (Å²) in [5.41, 5.74) is 4.18. The van der Waals surface area contributed by atoms with Crippen LogP contribution >= 0.6 is 0 Å². The van der Waals surface area contributed by atoms with E-state index in [0.29, 0.717) is 18.7 Å². The van der Waals surface area contributed by atoms with Crippen LogP contribution in [0.4, 0.5) is 5.82 Å². The smallest absolute Gasteiger partial charge is 0.225 e. The summed E-state index contributed by atoms with van der Waals surface area (Å²) in [6.07, 6.45) is 1.13. The van der Waals surface area contributed by atoms with Gasteiger partial charge in [0, 0.05) is 30.9 Å². The molecule has 0 spiro atoms. The van der Waals surface area contributed by atoms with E-state index < -0.39 is 0 Å². The Morgan fingerprint density at radius 3 is 2.68 bits per heavy atom. The Morgan fingerprint density at radius 1 is 1.42 bits per heavy atom. The minimum Gasteiger partial charge on any atom is -0.309 e. The van der Waals surface area contributed by atoms with Crippen molar-refractivity contribution in [2.45, 2.75) is 33.6 Å². The van der Waals surface area contributed by atoms with Gasteiger partial charge in [-0.2, -0.15) is 10.2 Å². The Morgan fingerprint density at radius 2 is 2.16 bits per heavy atom. The van der Waals surface area contributed by atoms with Crippen LogP contribution in [0.5, 0.6) is 0 Å².